The molecule has 3 aliphatic rings. The van der Waals surface area contributed by atoms with Gasteiger partial charge in [0, 0.05) is 52.2 Å². The van der Waals surface area contributed by atoms with Crippen LogP contribution in [-0.2, 0) is 19.1 Å². The summed E-state index contributed by atoms with van der Waals surface area (Å²) in [5.74, 6) is -2.39. The number of piperazine rings is 1. The first-order chi connectivity index (χ1) is 14.7. The van der Waals surface area contributed by atoms with Crippen molar-refractivity contribution >= 4 is 11.8 Å². The normalized spacial score (nSPS) is 41.8. The van der Waals surface area contributed by atoms with Crippen LogP contribution in [0.3, 0.4) is 0 Å². The van der Waals surface area contributed by atoms with Gasteiger partial charge < -0.3 is 19.3 Å². The number of alkyl halides is 3. The molecule has 0 aromatic carbocycles. The van der Waals surface area contributed by atoms with Gasteiger partial charge in [0.2, 0.25) is 11.8 Å². The lowest BCUT2D eigenvalue weighted by Gasteiger charge is -2.47. The van der Waals surface area contributed by atoms with Crippen molar-refractivity contribution in [1.29, 1.82) is 0 Å². The number of rotatable bonds is 4. The van der Waals surface area contributed by atoms with Crippen molar-refractivity contribution in [1.82, 2.24) is 9.80 Å². The van der Waals surface area contributed by atoms with Crippen LogP contribution in [0.15, 0.2) is 0 Å². The number of carbonyl (C=O) groups is 2. The number of amides is 2. The molecule has 3 rings (SSSR count). The molecule has 0 bridgehead atoms. The summed E-state index contributed by atoms with van der Waals surface area (Å²) in [6, 6.07) is -0.724. The summed E-state index contributed by atoms with van der Waals surface area (Å²) >= 11 is 0. The van der Waals surface area contributed by atoms with Gasteiger partial charge in [-0.1, -0.05) is 0 Å². The van der Waals surface area contributed by atoms with Crippen LogP contribution in [0.2, 0.25) is 0 Å². The third kappa shape index (κ3) is 5.02. The third-order valence-electron chi connectivity index (χ3n) is 7.26. The molecule has 3 fully saturated rings. The Hall–Kier alpha value is -1.35. The highest BCUT2D eigenvalue weighted by Crippen LogP contribution is 2.35. The van der Waals surface area contributed by atoms with Crippen LogP contribution in [0.4, 0.5) is 13.2 Å². The Morgan fingerprint density at radius 3 is 1.94 bits per heavy atom. The molecule has 1 saturated heterocycles. The predicted molar refractivity (Wildman–Crippen MR) is 109 cm³/mol. The van der Waals surface area contributed by atoms with Crippen molar-refractivity contribution in [3.63, 3.8) is 0 Å². The summed E-state index contributed by atoms with van der Waals surface area (Å²) in [4.78, 5) is 29.3. The van der Waals surface area contributed by atoms with Gasteiger partial charge >= 0.3 is 0 Å². The van der Waals surface area contributed by atoms with E-state index in [1.807, 2.05) is 0 Å². The standard InChI is InChI=1S/C22H35F3N2O4/c1-12-10-26(21(28)15-6-5-14(30-3)7-17(15)23)11-13(2)27(12)22(29)16-8-19(25)20(31-4)9-18(16)24/h12-20H,5-11H2,1-4H3/t12-,13-,14?,15?,16?,17?,18?,19?,20?/m1/s1. The van der Waals surface area contributed by atoms with Crippen LogP contribution in [0.5, 0.6) is 0 Å². The van der Waals surface area contributed by atoms with E-state index in [4.69, 9.17) is 9.47 Å². The molecule has 6 nitrogen and oxygen atoms in total. The van der Waals surface area contributed by atoms with Gasteiger partial charge in [0.1, 0.15) is 18.5 Å². The maximum Gasteiger partial charge on any atom is 0.229 e. The molecule has 2 saturated carbocycles. The Morgan fingerprint density at radius 1 is 0.774 bits per heavy atom. The molecular formula is C22H35F3N2O4. The zero-order chi connectivity index (χ0) is 22.9. The molecule has 9 atom stereocenters. The van der Waals surface area contributed by atoms with Crippen molar-refractivity contribution in [2.75, 3.05) is 27.3 Å². The zero-order valence-electron chi connectivity index (χ0n) is 18.8. The topological polar surface area (TPSA) is 59.1 Å². The first-order valence-corrected chi connectivity index (χ1v) is 11.3. The summed E-state index contributed by atoms with van der Waals surface area (Å²) in [6.07, 6.45) is -4.15. The summed E-state index contributed by atoms with van der Waals surface area (Å²) in [7, 11) is 2.89. The zero-order valence-corrected chi connectivity index (χ0v) is 18.8. The quantitative estimate of drug-likeness (QED) is 0.664. The average Bonchev–Trinajstić information content (AvgIpc) is 2.73. The second kappa shape index (κ2) is 10.1. The van der Waals surface area contributed by atoms with E-state index in [2.05, 4.69) is 0 Å². The van der Waals surface area contributed by atoms with Crippen LogP contribution in [0.1, 0.15) is 46.0 Å². The maximum absolute atomic E-state index is 14.7. The molecule has 1 heterocycles. The lowest BCUT2D eigenvalue weighted by molar-refractivity contribution is -0.157. The molecule has 0 aromatic rings. The highest BCUT2D eigenvalue weighted by Gasteiger charge is 2.47. The van der Waals surface area contributed by atoms with Gasteiger partial charge in [-0.3, -0.25) is 9.59 Å². The first-order valence-electron chi connectivity index (χ1n) is 11.3. The molecule has 0 aromatic heterocycles. The molecule has 1 aliphatic heterocycles. The van der Waals surface area contributed by atoms with Gasteiger partial charge in [-0.2, -0.15) is 0 Å². The Kier molecular flexibility index (Phi) is 7.89. The molecule has 0 radical (unpaired) electrons. The molecule has 7 unspecified atom stereocenters. The van der Waals surface area contributed by atoms with Gasteiger partial charge in [0.05, 0.1) is 24.0 Å². The number of nitrogens with zero attached hydrogens (tertiary/aromatic N) is 2. The van der Waals surface area contributed by atoms with Crippen LogP contribution < -0.4 is 0 Å². The number of halogens is 3. The van der Waals surface area contributed by atoms with Gasteiger partial charge in [-0.15, -0.1) is 0 Å². The number of ether oxygens (including phenoxy) is 2. The third-order valence-corrected chi connectivity index (χ3v) is 7.26. The van der Waals surface area contributed by atoms with Gasteiger partial charge in [-0.05, 0) is 33.1 Å². The molecule has 178 valence electrons. The molecular weight excluding hydrogens is 413 g/mol. The fourth-order valence-corrected chi connectivity index (χ4v) is 5.51. The number of carbonyl (C=O) groups excluding carboxylic acids is 2. The fourth-order valence-electron chi connectivity index (χ4n) is 5.51. The van der Waals surface area contributed by atoms with Crippen molar-refractivity contribution in [3.05, 3.63) is 0 Å². The maximum atomic E-state index is 14.7. The van der Waals surface area contributed by atoms with E-state index < -0.39 is 42.4 Å². The molecule has 0 N–H and O–H groups in total. The Labute approximate surface area is 182 Å². The van der Waals surface area contributed by atoms with E-state index in [-0.39, 0.29) is 56.4 Å². The van der Waals surface area contributed by atoms with Crippen LogP contribution in [0, 0.1) is 11.8 Å². The largest absolute Gasteiger partial charge is 0.381 e. The minimum atomic E-state index is -1.47. The summed E-state index contributed by atoms with van der Waals surface area (Å²) in [6.45, 7) is 4.11. The lowest BCUT2D eigenvalue weighted by Crippen LogP contribution is -2.63. The molecule has 0 spiro atoms. The number of hydrogen-bond donors (Lipinski definition) is 0. The van der Waals surface area contributed by atoms with E-state index in [1.54, 1.807) is 30.8 Å². The van der Waals surface area contributed by atoms with E-state index in [1.165, 1.54) is 7.11 Å². The van der Waals surface area contributed by atoms with Crippen molar-refractivity contribution < 1.29 is 32.2 Å². The minimum absolute atomic E-state index is 0.142. The van der Waals surface area contributed by atoms with Crippen LogP contribution >= 0.6 is 0 Å². The molecule has 9 heteroatoms. The van der Waals surface area contributed by atoms with Gasteiger partial charge in [0.25, 0.3) is 0 Å². The average molecular weight is 449 g/mol. The molecule has 2 aliphatic carbocycles. The lowest BCUT2D eigenvalue weighted by atomic mass is 9.82. The second-order valence-electron chi connectivity index (χ2n) is 9.36. The fraction of sp³-hybridized carbons (Fsp3) is 0.909. The summed E-state index contributed by atoms with van der Waals surface area (Å²) < 4.78 is 53.8. The summed E-state index contributed by atoms with van der Waals surface area (Å²) in [5, 5.41) is 0. The van der Waals surface area contributed by atoms with Crippen LogP contribution in [-0.4, -0.2) is 91.7 Å². The van der Waals surface area contributed by atoms with Crippen molar-refractivity contribution in [3.8, 4) is 0 Å². The number of hydrogen-bond acceptors (Lipinski definition) is 4. The smallest absolute Gasteiger partial charge is 0.229 e. The van der Waals surface area contributed by atoms with E-state index >= 15 is 0 Å². The minimum Gasteiger partial charge on any atom is -0.381 e. The number of methoxy groups -OCH3 is 2. The highest BCUT2D eigenvalue weighted by atomic mass is 19.1. The molecule has 2 amide bonds. The highest BCUT2D eigenvalue weighted by molar-refractivity contribution is 5.82. The summed E-state index contributed by atoms with van der Waals surface area (Å²) in [5.41, 5.74) is 0. The van der Waals surface area contributed by atoms with Gasteiger partial charge in [-0.25, -0.2) is 13.2 Å². The monoisotopic (exact) mass is 448 g/mol. The molecule has 31 heavy (non-hydrogen) atoms. The predicted octanol–water partition coefficient (Wildman–Crippen LogP) is 2.69. The SMILES string of the molecule is COC1CCC(C(=O)N2C[C@@H](C)N(C(=O)C3CC(F)C(OC)CC3F)[C@H](C)C2)C(F)C1. The Balaban J connectivity index is 1.63. The Bertz CT molecular complexity index is 642. The van der Waals surface area contributed by atoms with Crippen molar-refractivity contribution in [2.45, 2.75) is 88.8 Å². The second-order valence-corrected chi connectivity index (χ2v) is 9.36. The van der Waals surface area contributed by atoms with Gasteiger partial charge in [0.15, 0.2) is 0 Å². The first kappa shape index (κ1) is 24.3. The van der Waals surface area contributed by atoms with Crippen LogP contribution in [0.25, 0.3) is 0 Å². The van der Waals surface area contributed by atoms with Crippen molar-refractivity contribution in [2.24, 2.45) is 11.8 Å². The van der Waals surface area contributed by atoms with E-state index in [0.717, 1.165) is 0 Å². The van der Waals surface area contributed by atoms with E-state index in [0.29, 0.717) is 12.8 Å². The Morgan fingerprint density at radius 2 is 1.39 bits per heavy atom. The van der Waals surface area contributed by atoms with E-state index in [9.17, 15) is 22.8 Å².